The molecule has 0 aliphatic heterocycles. The van der Waals surface area contributed by atoms with Crippen molar-refractivity contribution < 1.29 is 34.3 Å². The summed E-state index contributed by atoms with van der Waals surface area (Å²) in [5.74, 6) is 0. The number of hydrogen-bond donors (Lipinski definition) is 3. The quantitative estimate of drug-likeness (QED) is 0.366. The van der Waals surface area contributed by atoms with Crippen LogP contribution < -0.4 is 0 Å². The molecule has 0 aliphatic carbocycles. The van der Waals surface area contributed by atoms with Crippen molar-refractivity contribution >= 4 is 0 Å². The fourth-order valence-corrected chi connectivity index (χ4v) is 1.98. The molecule has 0 aliphatic rings. The Labute approximate surface area is 139 Å². The lowest BCUT2D eigenvalue weighted by Crippen LogP contribution is -2.44. The van der Waals surface area contributed by atoms with Gasteiger partial charge in [-0.05, 0) is 20.8 Å². The van der Waals surface area contributed by atoms with Gasteiger partial charge in [-0.1, -0.05) is 0 Å². The molecule has 0 heterocycles. The van der Waals surface area contributed by atoms with Gasteiger partial charge in [0.1, 0.15) is 0 Å². The summed E-state index contributed by atoms with van der Waals surface area (Å²) >= 11 is 0. The Balaban J connectivity index is 4.67. The minimum absolute atomic E-state index is 0.125. The van der Waals surface area contributed by atoms with Crippen molar-refractivity contribution in [3.8, 4) is 0 Å². The number of aliphatic hydroxyl groups is 3. The number of ether oxygens (including phenoxy) is 4. The molecule has 0 spiro atoms. The Hall–Kier alpha value is -0.280. The molecule has 0 saturated carbocycles. The molecular weight excluding hydrogens is 304 g/mol. The van der Waals surface area contributed by atoms with Gasteiger partial charge in [-0.3, -0.25) is 0 Å². The summed E-state index contributed by atoms with van der Waals surface area (Å²) in [7, 11) is 0. The maximum absolute atomic E-state index is 9.75. The van der Waals surface area contributed by atoms with Crippen LogP contribution >= 0.6 is 0 Å². The first kappa shape index (κ1) is 22.7. The molecule has 0 radical (unpaired) electrons. The van der Waals surface area contributed by atoms with Crippen molar-refractivity contribution in [1.29, 1.82) is 0 Å². The van der Waals surface area contributed by atoms with Crippen LogP contribution in [0.2, 0.25) is 0 Å². The van der Waals surface area contributed by atoms with E-state index in [2.05, 4.69) is 0 Å². The molecule has 7 nitrogen and oxygen atoms in total. The molecule has 0 rings (SSSR count). The lowest BCUT2D eigenvalue weighted by Gasteiger charge is -2.34. The number of aliphatic hydroxyl groups excluding tert-OH is 3. The van der Waals surface area contributed by atoms with Crippen LogP contribution in [-0.4, -0.2) is 88.0 Å². The molecule has 0 atom stereocenters. The van der Waals surface area contributed by atoms with Crippen LogP contribution in [0.3, 0.4) is 0 Å². The molecule has 140 valence electrons. The van der Waals surface area contributed by atoms with Crippen molar-refractivity contribution in [3.05, 3.63) is 0 Å². The van der Waals surface area contributed by atoms with Gasteiger partial charge in [-0.25, -0.2) is 0 Å². The van der Waals surface area contributed by atoms with Crippen LogP contribution in [0.25, 0.3) is 0 Å². The van der Waals surface area contributed by atoms with Crippen molar-refractivity contribution in [2.75, 3.05) is 72.7 Å². The van der Waals surface area contributed by atoms with E-state index in [4.69, 9.17) is 18.9 Å². The topological polar surface area (TPSA) is 97.6 Å². The first-order valence-corrected chi connectivity index (χ1v) is 8.21. The van der Waals surface area contributed by atoms with Crippen molar-refractivity contribution in [2.24, 2.45) is 10.8 Å². The molecule has 0 saturated heterocycles. The van der Waals surface area contributed by atoms with E-state index in [1.807, 2.05) is 20.8 Å². The first-order valence-electron chi connectivity index (χ1n) is 8.21. The van der Waals surface area contributed by atoms with E-state index in [-0.39, 0.29) is 39.6 Å². The smallest absolute Gasteiger partial charge is 0.0635 e. The first-order chi connectivity index (χ1) is 11.1. The van der Waals surface area contributed by atoms with Gasteiger partial charge in [0.2, 0.25) is 0 Å². The van der Waals surface area contributed by atoms with E-state index in [1.165, 1.54) is 0 Å². The van der Waals surface area contributed by atoms with Gasteiger partial charge in [0, 0.05) is 19.8 Å². The highest BCUT2D eigenvalue weighted by molar-refractivity contribution is 4.81. The Bertz CT molecular complexity index is 261. The third kappa shape index (κ3) is 8.39. The highest BCUT2D eigenvalue weighted by Gasteiger charge is 2.34. The summed E-state index contributed by atoms with van der Waals surface area (Å²) in [5, 5.41) is 28.9. The van der Waals surface area contributed by atoms with E-state index >= 15 is 0 Å². The zero-order valence-electron chi connectivity index (χ0n) is 14.8. The van der Waals surface area contributed by atoms with Gasteiger partial charge in [-0.15, -0.1) is 0 Å². The maximum atomic E-state index is 9.75. The summed E-state index contributed by atoms with van der Waals surface area (Å²) in [6.45, 7) is 7.74. The molecule has 0 unspecified atom stereocenters. The Kier molecular flexibility index (Phi) is 12.9. The average molecular weight is 338 g/mol. The van der Waals surface area contributed by atoms with E-state index in [0.29, 0.717) is 33.0 Å². The fraction of sp³-hybridized carbons (Fsp3) is 1.00. The molecule has 0 aromatic carbocycles. The molecular formula is C16H34O7. The van der Waals surface area contributed by atoms with E-state index in [9.17, 15) is 15.3 Å². The third-order valence-corrected chi connectivity index (χ3v) is 3.66. The second-order valence-electron chi connectivity index (χ2n) is 5.88. The Morgan fingerprint density at radius 3 is 1.17 bits per heavy atom. The summed E-state index contributed by atoms with van der Waals surface area (Å²) in [4.78, 5) is 0. The van der Waals surface area contributed by atoms with Crippen LogP contribution in [0.1, 0.15) is 20.8 Å². The van der Waals surface area contributed by atoms with Crippen LogP contribution in [-0.2, 0) is 18.9 Å². The monoisotopic (exact) mass is 338 g/mol. The van der Waals surface area contributed by atoms with Crippen molar-refractivity contribution in [2.45, 2.75) is 20.8 Å². The molecule has 3 N–H and O–H groups in total. The molecule has 0 amide bonds. The molecule has 0 aromatic rings. The second kappa shape index (κ2) is 13.1. The minimum Gasteiger partial charge on any atom is -0.396 e. The number of rotatable bonds is 16. The van der Waals surface area contributed by atoms with E-state index < -0.39 is 10.8 Å². The summed E-state index contributed by atoms with van der Waals surface area (Å²) in [5.41, 5.74) is -1.51. The van der Waals surface area contributed by atoms with Gasteiger partial charge in [0.15, 0.2) is 0 Å². The molecule has 0 aromatic heterocycles. The lowest BCUT2D eigenvalue weighted by molar-refractivity contribution is -0.123. The highest BCUT2D eigenvalue weighted by atomic mass is 16.5. The summed E-state index contributed by atoms with van der Waals surface area (Å²) < 4.78 is 21.9. The summed E-state index contributed by atoms with van der Waals surface area (Å²) in [6, 6.07) is 0. The van der Waals surface area contributed by atoms with Crippen molar-refractivity contribution in [1.82, 2.24) is 0 Å². The zero-order chi connectivity index (χ0) is 17.6. The third-order valence-electron chi connectivity index (χ3n) is 3.66. The second-order valence-corrected chi connectivity index (χ2v) is 5.88. The fourth-order valence-electron chi connectivity index (χ4n) is 1.98. The molecule has 7 heteroatoms. The normalized spacial score (nSPS) is 12.8. The lowest BCUT2D eigenvalue weighted by atomic mass is 9.90. The van der Waals surface area contributed by atoms with Crippen molar-refractivity contribution in [3.63, 3.8) is 0 Å². The van der Waals surface area contributed by atoms with Gasteiger partial charge >= 0.3 is 0 Å². The zero-order valence-corrected chi connectivity index (χ0v) is 14.8. The van der Waals surface area contributed by atoms with Crippen LogP contribution in [0.4, 0.5) is 0 Å². The average Bonchev–Trinajstić information content (AvgIpc) is 2.60. The van der Waals surface area contributed by atoms with Crippen LogP contribution in [0.5, 0.6) is 0 Å². The highest BCUT2D eigenvalue weighted by Crippen LogP contribution is 2.22. The predicted octanol–water partition coefficient (Wildman–Crippen LogP) is 0.0622. The SMILES string of the molecule is CCOCC(CO)(CO)COCC(CO)(COCC)COCC. The van der Waals surface area contributed by atoms with Gasteiger partial charge in [0.05, 0.1) is 63.7 Å². The van der Waals surface area contributed by atoms with E-state index in [1.54, 1.807) is 0 Å². The standard InChI is InChI=1S/C16H34O7/c1-4-20-10-15(7-17,8-18)11-23-14-16(9-19,12-21-5-2)13-22-6-3/h17-19H,4-14H2,1-3H3. The molecule has 23 heavy (non-hydrogen) atoms. The largest absolute Gasteiger partial charge is 0.396 e. The summed E-state index contributed by atoms with van der Waals surface area (Å²) in [6.07, 6.45) is 0. The Morgan fingerprint density at radius 1 is 0.522 bits per heavy atom. The molecule has 0 bridgehead atoms. The van der Waals surface area contributed by atoms with Gasteiger partial charge in [0.25, 0.3) is 0 Å². The Morgan fingerprint density at radius 2 is 0.826 bits per heavy atom. The van der Waals surface area contributed by atoms with E-state index in [0.717, 1.165) is 0 Å². The molecule has 0 fully saturated rings. The number of hydrogen-bond acceptors (Lipinski definition) is 7. The van der Waals surface area contributed by atoms with Crippen LogP contribution in [0, 0.1) is 10.8 Å². The maximum Gasteiger partial charge on any atom is 0.0635 e. The van der Waals surface area contributed by atoms with Crippen LogP contribution in [0.15, 0.2) is 0 Å². The van der Waals surface area contributed by atoms with Gasteiger partial charge < -0.3 is 34.3 Å². The van der Waals surface area contributed by atoms with Gasteiger partial charge in [-0.2, -0.15) is 0 Å². The predicted molar refractivity (Wildman–Crippen MR) is 86.4 cm³/mol. The minimum atomic E-state index is -0.853.